The van der Waals surface area contributed by atoms with E-state index >= 15 is 0 Å². The summed E-state index contributed by atoms with van der Waals surface area (Å²) in [7, 11) is 1.40. The van der Waals surface area contributed by atoms with Gasteiger partial charge < -0.3 is 18.6 Å². The van der Waals surface area contributed by atoms with Gasteiger partial charge in [0.25, 0.3) is 0 Å². The topological polar surface area (TPSA) is 36.9 Å². The standard InChI is InChI=1S/C26H40O4Si/c1-22(30-31(7,8)26(2,3)4)23(21-27-5)15-13-11-9-10-12-14-20-29-25-18-16-24(28-6)17-19-25/h16-19,21H,1,10,12-15,20H2,2-8H3/b23-21+. The number of rotatable bonds is 12. The Balaban J connectivity index is 2.32. The number of hydrogen-bond donors (Lipinski definition) is 0. The van der Waals surface area contributed by atoms with Crippen LogP contribution in [-0.2, 0) is 9.16 Å². The first-order chi connectivity index (χ1) is 14.6. The van der Waals surface area contributed by atoms with E-state index in [1.54, 1.807) is 20.5 Å². The van der Waals surface area contributed by atoms with E-state index in [0.717, 1.165) is 49.2 Å². The largest absolute Gasteiger partial charge is 0.544 e. The van der Waals surface area contributed by atoms with E-state index in [1.165, 1.54) is 0 Å². The third-order valence-corrected chi connectivity index (χ3v) is 9.84. The summed E-state index contributed by atoms with van der Waals surface area (Å²) in [6, 6.07) is 7.65. The van der Waals surface area contributed by atoms with Gasteiger partial charge in [-0.05, 0) is 61.7 Å². The average molecular weight is 445 g/mol. The SMILES string of the molecule is C=C(O[Si](C)(C)C(C)(C)C)/C(=C/OC)CCC#CCCCCOc1ccc(OC)cc1. The zero-order valence-electron chi connectivity index (χ0n) is 20.5. The number of allylic oxidation sites excluding steroid dienone is 1. The average Bonchev–Trinajstić information content (AvgIpc) is 2.71. The molecular formula is C26H40O4Si. The van der Waals surface area contributed by atoms with Crippen LogP contribution in [0.15, 0.2) is 48.4 Å². The number of unbranched alkanes of at least 4 members (excludes halogenated alkanes) is 2. The second-order valence-corrected chi connectivity index (χ2v) is 13.7. The molecule has 0 aliphatic heterocycles. The van der Waals surface area contributed by atoms with Crippen molar-refractivity contribution >= 4 is 8.32 Å². The molecule has 0 aliphatic carbocycles. The van der Waals surface area contributed by atoms with Crippen molar-refractivity contribution in [2.24, 2.45) is 0 Å². The molecule has 0 saturated heterocycles. The third-order valence-electron chi connectivity index (χ3n) is 5.47. The van der Waals surface area contributed by atoms with Gasteiger partial charge in [-0.1, -0.05) is 27.4 Å². The summed E-state index contributed by atoms with van der Waals surface area (Å²) in [5.74, 6) is 8.93. The van der Waals surface area contributed by atoms with Gasteiger partial charge in [0.1, 0.15) is 17.3 Å². The van der Waals surface area contributed by atoms with Gasteiger partial charge in [-0.25, -0.2) is 0 Å². The highest BCUT2D eigenvalue weighted by atomic mass is 28.4. The van der Waals surface area contributed by atoms with E-state index in [-0.39, 0.29) is 5.04 Å². The van der Waals surface area contributed by atoms with Crippen molar-refractivity contribution in [3.05, 3.63) is 48.4 Å². The van der Waals surface area contributed by atoms with E-state index in [4.69, 9.17) is 18.6 Å². The maximum absolute atomic E-state index is 6.32. The normalized spacial score (nSPS) is 11.9. The predicted molar refractivity (Wildman–Crippen MR) is 132 cm³/mol. The van der Waals surface area contributed by atoms with E-state index in [0.29, 0.717) is 12.4 Å². The van der Waals surface area contributed by atoms with E-state index < -0.39 is 8.32 Å². The molecule has 1 aromatic carbocycles. The van der Waals surface area contributed by atoms with Crippen LogP contribution in [-0.4, -0.2) is 29.1 Å². The molecule has 0 atom stereocenters. The monoisotopic (exact) mass is 444 g/mol. The second kappa shape index (κ2) is 13.2. The molecule has 31 heavy (non-hydrogen) atoms. The van der Waals surface area contributed by atoms with Gasteiger partial charge >= 0.3 is 0 Å². The Labute approximate surface area is 190 Å². The van der Waals surface area contributed by atoms with Crippen LogP contribution in [0.1, 0.15) is 52.9 Å². The van der Waals surface area contributed by atoms with Gasteiger partial charge in [-0.3, -0.25) is 0 Å². The molecule has 0 spiro atoms. The van der Waals surface area contributed by atoms with Gasteiger partial charge in [0.2, 0.25) is 8.32 Å². The third kappa shape index (κ3) is 10.0. The van der Waals surface area contributed by atoms with Gasteiger partial charge in [-0.15, -0.1) is 11.8 Å². The highest BCUT2D eigenvalue weighted by molar-refractivity contribution is 6.74. The van der Waals surface area contributed by atoms with Crippen molar-refractivity contribution in [1.82, 2.24) is 0 Å². The summed E-state index contributed by atoms with van der Waals surface area (Å²) in [6.07, 6.45) is 6.13. The summed E-state index contributed by atoms with van der Waals surface area (Å²) >= 11 is 0. The highest BCUT2D eigenvalue weighted by Gasteiger charge is 2.39. The molecule has 0 aromatic heterocycles. The molecule has 0 fully saturated rings. The molecule has 0 heterocycles. The zero-order chi connectivity index (χ0) is 23.3. The molecule has 0 unspecified atom stereocenters. The lowest BCUT2D eigenvalue weighted by molar-refractivity contribution is 0.307. The molecule has 0 amide bonds. The van der Waals surface area contributed by atoms with Crippen molar-refractivity contribution in [2.45, 2.75) is 71.0 Å². The number of methoxy groups -OCH3 is 2. The van der Waals surface area contributed by atoms with Crippen LogP contribution >= 0.6 is 0 Å². The molecule has 0 saturated carbocycles. The Morgan fingerprint density at radius 3 is 2.19 bits per heavy atom. The maximum atomic E-state index is 6.32. The second-order valence-electron chi connectivity index (χ2n) is 9.00. The first-order valence-corrected chi connectivity index (χ1v) is 13.8. The van der Waals surface area contributed by atoms with E-state index in [2.05, 4.69) is 52.3 Å². The molecular weight excluding hydrogens is 404 g/mol. The van der Waals surface area contributed by atoms with Crippen LogP contribution in [0, 0.1) is 11.8 Å². The van der Waals surface area contributed by atoms with E-state index in [1.807, 2.05) is 24.3 Å². The first-order valence-electron chi connectivity index (χ1n) is 10.9. The van der Waals surface area contributed by atoms with Crippen LogP contribution < -0.4 is 9.47 Å². The maximum Gasteiger partial charge on any atom is 0.250 e. The minimum atomic E-state index is -1.91. The number of benzene rings is 1. The number of hydrogen-bond acceptors (Lipinski definition) is 4. The zero-order valence-corrected chi connectivity index (χ0v) is 21.5. The fraction of sp³-hybridized carbons (Fsp3) is 0.538. The van der Waals surface area contributed by atoms with Crippen LogP contribution in [0.3, 0.4) is 0 Å². The van der Waals surface area contributed by atoms with Gasteiger partial charge in [0, 0.05) is 18.4 Å². The summed E-state index contributed by atoms with van der Waals surface area (Å²) in [5, 5.41) is 0.130. The lowest BCUT2D eigenvalue weighted by Gasteiger charge is -2.37. The fourth-order valence-corrected chi connectivity index (χ4v) is 3.54. The lowest BCUT2D eigenvalue weighted by Crippen LogP contribution is -2.40. The Morgan fingerprint density at radius 1 is 1.00 bits per heavy atom. The molecule has 172 valence electrons. The Hall–Kier alpha value is -2.32. The van der Waals surface area contributed by atoms with Gasteiger partial charge in [0.05, 0.1) is 27.1 Å². The molecule has 0 N–H and O–H groups in total. The van der Waals surface area contributed by atoms with Crippen molar-refractivity contribution in [3.8, 4) is 23.3 Å². The first kappa shape index (κ1) is 26.7. The van der Waals surface area contributed by atoms with Gasteiger partial charge in [-0.2, -0.15) is 0 Å². The molecule has 1 aromatic rings. The minimum absolute atomic E-state index is 0.130. The smallest absolute Gasteiger partial charge is 0.250 e. The quantitative estimate of drug-likeness (QED) is 0.113. The molecule has 0 bridgehead atoms. The Bertz CT molecular complexity index is 761. The Morgan fingerprint density at radius 2 is 1.61 bits per heavy atom. The molecule has 4 nitrogen and oxygen atoms in total. The van der Waals surface area contributed by atoms with Crippen LogP contribution in [0.4, 0.5) is 0 Å². The fourth-order valence-electron chi connectivity index (χ4n) is 2.48. The predicted octanol–water partition coefficient (Wildman–Crippen LogP) is 7.09. The van der Waals surface area contributed by atoms with Crippen molar-refractivity contribution in [2.75, 3.05) is 20.8 Å². The van der Waals surface area contributed by atoms with Crippen molar-refractivity contribution < 1.29 is 18.6 Å². The minimum Gasteiger partial charge on any atom is -0.544 e. The van der Waals surface area contributed by atoms with Crippen molar-refractivity contribution in [3.63, 3.8) is 0 Å². The molecule has 0 radical (unpaired) electrons. The summed E-state index contributed by atoms with van der Waals surface area (Å²) in [6.45, 7) is 16.0. The molecule has 1 rings (SSSR count). The Kier molecular flexibility index (Phi) is 11.3. The molecule has 0 aliphatic rings. The summed E-state index contributed by atoms with van der Waals surface area (Å²) in [5.41, 5.74) is 0.981. The van der Waals surface area contributed by atoms with Gasteiger partial charge in [0.15, 0.2) is 0 Å². The number of ether oxygens (including phenoxy) is 3. The van der Waals surface area contributed by atoms with Crippen LogP contribution in [0.2, 0.25) is 18.1 Å². The summed E-state index contributed by atoms with van der Waals surface area (Å²) in [4.78, 5) is 0. The van der Waals surface area contributed by atoms with Crippen molar-refractivity contribution in [1.29, 1.82) is 0 Å². The van der Waals surface area contributed by atoms with Crippen LogP contribution in [0.25, 0.3) is 0 Å². The lowest BCUT2D eigenvalue weighted by atomic mass is 10.1. The molecule has 5 heteroatoms. The summed E-state index contributed by atoms with van der Waals surface area (Å²) < 4.78 is 22.4. The van der Waals surface area contributed by atoms with Crippen LogP contribution in [0.5, 0.6) is 11.5 Å². The highest BCUT2D eigenvalue weighted by Crippen LogP contribution is 2.38. The van der Waals surface area contributed by atoms with E-state index in [9.17, 15) is 0 Å².